The molecule has 5 heteroatoms. The van der Waals surface area contributed by atoms with E-state index in [0.29, 0.717) is 0 Å². The Labute approximate surface area is 83.9 Å². The van der Waals surface area contributed by atoms with Gasteiger partial charge in [-0.3, -0.25) is 0 Å². The maximum absolute atomic E-state index is 10.2. The Morgan fingerprint density at radius 2 is 2.08 bits per heavy atom. The molecule has 1 rings (SSSR count). The van der Waals surface area contributed by atoms with Crippen molar-refractivity contribution in [1.82, 2.24) is 0 Å². The molecule has 0 radical (unpaired) electrons. The Morgan fingerprint density at radius 1 is 1.46 bits per heavy atom. The van der Waals surface area contributed by atoms with Crippen LogP contribution in [0.2, 0.25) is 0 Å². The van der Waals surface area contributed by atoms with E-state index in [9.17, 15) is 4.79 Å². The lowest BCUT2D eigenvalue weighted by Gasteiger charge is -2.27. The van der Waals surface area contributed by atoms with Crippen LogP contribution in [0.3, 0.4) is 0 Å². The molecule has 0 aromatic rings. The van der Waals surface area contributed by atoms with Gasteiger partial charge in [0.15, 0.2) is 0 Å². The number of nitrogens with two attached hydrogens (primary N) is 1. The minimum Gasteiger partial charge on any atom is -0.480 e. The van der Waals surface area contributed by atoms with Gasteiger partial charge in [0.05, 0.1) is 6.10 Å². The van der Waals surface area contributed by atoms with Crippen LogP contribution < -0.4 is 5.73 Å². The first kappa shape index (κ1) is 12.7. The van der Waals surface area contributed by atoms with Gasteiger partial charge in [0, 0.05) is 6.04 Å². The van der Waals surface area contributed by atoms with E-state index < -0.39 is 5.97 Å². The van der Waals surface area contributed by atoms with E-state index in [1.54, 1.807) is 0 Å². The highest BCUT2D eigenvalue weighted by atomic mass is 35.5. The number of hydrogen-bond donors (Lipinski definition) is 2. The van der Waals surface area contributed by atoms with E-state index >= 15 is 0 Å². The molecule has 3 N–H and O–H groups in total. The van der Waals surface area contributed by atoms with Gasteiger partial charge in [-0.2, -0.15) is 0 Å². The number of carboxylic acids is 1. The minimum absolute atomic E-state index is 0. The summed E-state index contributed by atoms with van der Waals surface area (Å²) in [5, 5.41) is 8.36. The quantitative estimate of drug-likeness (QED) is 0.721. The number of halogens is 1. The number of ether oxygens (including phenoxy) is 1. The van der Waals surface area contributed by atoms with Gasteiger partial charge in [0.25, 0.3) is 0 Å². The van der Waals surface area contributed by atoms with Crippen molar-refractivity contribution in [3.05, 3.63) is 0 Å². The summed E-state index contributed by atoms with van der Waals surface area (Å²) in [7, 11) is 0. The van der Waals surface area contributed by atoms with Crippen molar-refractivity contribution < 1.29 is 14.6 Å². The molecule has 0 aromatic carbocycles. The van der Waals surface area contributed by atoms with Crippen molar-refractivity contribution in [2.45, 2.75) is 37.8 Å². The Hall–Kier alpha value is -0.320. The summed E-state index contributed by atoms with van der Waals surface area (Å²) in [5.74, 6) is -0.923. The second-order valence-electron chi connectivity index (χ2n) is 3.19. The third-order valence-corrected chi connectivity index (χ3v) is 2.17. The van der Waals surface area contributed by atoms with Crippen LogP contribution in [0.1, 0.15) is 25.7 Å². The number of aliphatic carboxylic acids is 1. The van der Waals surface area contributed by atoms with Crippen molar-refractivity contribution >= 4 is 18.4 Å². The van der Waals surface area contributed by atoms with Crippen LogP contribution in [0, 0.1) is 0 Å². The lowest BCUT2D eigenvalue weighted by atomic mass is 9.93. The molecule has 13 heavy (non-hydrogen) atoms. The number of rotatable bonds is 3. The predicted molar refractivity (Wildman–Crippen MR) is 51.1 cm³/mol. The largest absolute Gasteiger partial charge is 0.480 e. The molecule has 4 nitrogen and oxygen atoms in total. The van der Waals surface area contributed by atoms with Crippen molar-refractivity contribution in [1.29, 1.82) is 0 Å². The van der Waals surface area contributed by atoms with Gasteiger partial charge in [0.1, 0.15) is 6.61 Å². The van der Waals surface area contributed by atoms with E-state index in [0.717, 1.165) is 25.7 Å². The molecule has 0 bridgehead atoms. The number of carboxylic acid groups (broad SMARTS) is 1. The van der Waals surface area contributed by atoms with Gasteiger partial charge in [-0.25, -0.2) is 4.79 Å². The second kappa shape index (κ2) is 6.18. The Bertz CT molecular complexity index is 165. The summed E-state index contributed by atoms with van der Waals surface area (Å²) in [5.41, 5.74) is 5.75. The predicted octanol–water partition coefficient (Wildman–Crippen LogP) is 0.779. The van der Waals surface area contributed by atoms with Crippen molar-refractivity contribution in [2.75, 3.05) is 6.61 Å². The summed E-state index contributed by atoms with van der Waals surface area (Å²) in [4.78, 5) is 10.2. The molecular weight excluding hydrogens is 194 g/mol. The average Bonchev–Trinajstić information content (AvgIpc) is 2.03. The zero-order valence-corrected chi connectivity index (χ0v) is 8.26. The van der Waals surface area contributed by atoms with Crippen LogP contribution in [0.4, 0.5) is 0 Å². The highest BCUT2D eigenvalue weighted by Gasteiger charge is 2.22. The molecule has 0 heterocycles. The highest BCUT2D eigenvalue weighted by Crippen LogP contribution is 2.19. The van der Waals surface area contributed by atoms with Crippen molar-refractivity contribution in [2.24, 2.45) is 5.73 Å². The normalized spacial score (nSPS) is 27.8. The van der Waals surface area contributed by atoms with Gasteiger partial charge < -0.3 is 15.6 Å². The van der Waals surface area contributed by atoms with Gasteiger partial charge in [-0.15, -0.1) is 12.4 Å². The summed E-state index contributed by atoms with van der Waals surface area (Å²) in [6.07, 6.45) is 4.03. The molecule has 2 atom stereocenters. The third-order valence-electron chi connectivity index (χ3n) is 2.17. The van der Waals surface area contributed by atoms with Crippen LogP contribution in [-0.4, -0.2) is 29.8 Å². The zero-order valence-electron chi connectivity index (χ0n) is 7.44. The van der Waals surface area contributed by atoms with Gasteiger partial charge >= 0.3 is 5.97 Å². The standard InChI is InChI=1S/C8H15NO3.ClH/c9-6-3-1-2-4-7(6)12-5-8(10)11;/h6-7H,1-5,9H2,(H,10,11);1H/t6-,7-;/m1./s1. The first-order valence-corrected chi connectivity index (χ1v) is 4.29. The maximum atomic E-state index is 10.2. The summed E-state index contributed by atoms with van der Waals surface area (Å²) in [6.45, 7) is -0.224. The molecule has 0 saturated heterocycles. The van der Waals surface area contributed by atoms with Crippen LogP contribution >= 0.6 is 12.4 Å². The third kappa shape index (κ3) is 4.45. The molecule has 1 saturated carbocycles. The van der Waals surface area contributed by atoms with E-state index in [4.69, 9.17) is 15.6 Å². The fourth-order valence-corrected chi connectivity index (χ4v) is 1.51. The van der Waals surface area contributed by atoms with E-state index in [1.165, 1.54) is 0 Å². The summed E-state index contributed by atoms with van der Waals surface area (Å²) < 4.78 is 5.13. The molecule has 78 valence electrons. The molecule has 0 aliphatic heterocycles. The molecule has 0 unspecified atom stereocenters. The smallest absolute Gasteiger partial charge is 0.329 e. The monoisotopic (exact) mass is 209 g/mol. The van der Waals surface area contributed by atoms with Crippen LogP contribution in [-0.2, 0) is 9.53 Å². The average molecular weight is 210 g/mol. The summed E-state index contributed by atoms with van der Waals surface area (Å²) >= 11 is 0. The first-order valence-electron chi connectivity index (χ1n) is 4.29. The molecular formula is C8H16ClNO3. The van der Waals surface area contributed by atoms with E-state index in [-0.39, 0.29) is 31.2 Å². The van der Waals surface area contributed by atoms with Gasteiger partial charge in [-0.05, 0) is 12.8 Å². The van der Waals surface area contributed by atoms with Crippen LogP contribution in [0.25, 0.3) is 0 Å². The van der Waals surface area contributed by atoms with E-state index in [2.05, 4.69) is 0 Å². The Balaban J connectivity index is 0.00000144. The molecule has 0 amide bonds. The van der Waals surface area contributed by atoms with Crippen molar-refractivity contribution in [3.8, 4) is 0 Å². The Kier molecular flexibility index (Phi) is 6.03. The molecule has 1 aliphatic rings. The lowest BCUT2D eigenvalue weighted by Crippen LogP contribution is -2.40. The molecule has 1 fully saturated rings. The van der Waals surface area contributed by atoms with Crippen LogP contribution in [0.5, 0.6) is 0 Å². The zero-order chi connectivity index (χ0) is 8.97. The number of hydrogen-bond acceptors (Lipinski definition) is 3. The maximum Gasteiger partial charge on any atom is 0.329 e. The summed E-state index contributed by atoms with van der Waals surface area (Å²) in [6, 6.07) is 0.0260. The minimum atomic E-state index is -0.923. The lowest BCUT2D eigenvalue weighted by molar-refractivity contribution is -0.145. The Morgan fingerprint density at radius 3 is 2.62 bits per heavy atom. The topological polar surface area (TPSA) is 72.5 Å². The highest BCUT2D eigenvalue weighted by molar-refractivity contribution is 5.85. The van der Waals surface area contributed by atoms with Gasteiger partial charge in [-0.1, -0.05) is 12.8 Å². The van der Waals surface area contributed by atoms with Crippen molar-refractivity contribution in [3.63, 3.8) is 0 Å². The van der Waals surface area contributed by atoms with Gasteiger partial charge in [0.2, 0.25) is 0 Å². The fraction of sp³-hybridized carbons (Fsp3) is 0.875. The fourth-order valence-electron chi connectivity index (χ4n) is 1.51. The molecule has 0 aromatic heterocycles. The second-order valence-corrected chi connectivity index (χ2v) is 3.19. The van der Waals surface area contributed by atoms with E-state index in [1.807, 2.05) is 0 Å². The molecule has 1 aliphatic carbocycles. The SMILES string of the molecule is Cl.N[C@@H]1CCCC[C@H]1OCC(=O)O. The number of carbonyl (C=O) groups is 1. The van der Waals surface area contributed by atoms with Crippen LogP contribution in [0.15, 0.2) is 0 Å². The molecule has 0 spiro atoms. The first-order chi connectivity index (χ1) is 5.70.